The van der Waals surface area contributed by atoms with Crippen LogP contribution in [0.3, 0.4) is 0 Å². The van der Waals surface area contributed by atoms with Gasteiger partial charge >= 0.3 is 0 Å². The molecule has 0 saturated heterocycles. The van der Waals surface area contributed by atoms with Crippen LogP contribution in [0.25, 0.3) is 0 Å². The van der Waals surface area contributed by atoms with Gasteiger partial charge in [-0.05, 0) is 25.2 Å². The van der Waals surface area contributed by atoms with E-state index in [0.29, 0.717) is 0 Å². The number of hydrazine groups is 1. The van der Waals surface area contributed by atoms with Crippen molar-refractivity contribution in [3.63, 3.8) is 0 Å². The highest BCUT2D eigenvalue weighted by Crippen LogP contribution is 2.28. The van der Waals surface area contributed by atoms with Crippen molar-refractivity contribution in [2.45, 2.75) is 26.2 Å². The van der Waals surface area contributed by atoms with Crippen molar-refractivity contribution in [2.75, 3.05) is 6.54 Å². The lowest BCUT2D eigenvalue weighted by Gasteiger charge is -2.11. The summed E-state index contributed by atoms with van der Waals surface area (Å²) in [4.78, 5) is 0. The van der Waals surface area contributed by atoms with Gasteiger partial charge in [-0.2, -0.15) is 0 Å². The zero-order valence-electron chi connectivity index (χ0n) is 6.59. The monoisotopic (exact) mass is 140 g/mol. The van der Waals surface area contributed by atoms with E-state index >= 15 is 0 Å². The first kappa shape index (κ1) is 7.61. The van der Waals surface area contributed by atoms with Gasteiger partial charge in [-0.15, -0.1) is 0 Å². The molecule has 0 heterocycles. The highest BCUT2D eigenvalue weighted by molar-refractivity contribution is 4.83. The van der Waals surface area contributed by atoms with E-state index in [1.807, 2.05) is 6.20 Å². The Morgan fingerprint density at radius 1 is 1.60 bits per heavy atom. The maximum atomic E-state index is 5.65. The molecular weight excluding hydrogens is 124 g/mol. The number of hydrogen-bond acceptors (Lipinski definition) is 2. The van der Waals surface area contributed by atoms with Crippen LogP contribution in [0.5, 0.6) is 0 Å². The second kappa shape index (κ2) is 3.62. The zero-order chi connectivity index (χ0) is 7.40. The fourth-order valence-corrected chi connectivity index (χ4v) is 0.900. The van der Waals surface area contributed by atoms with Crippen LogP contribution in [0.2, 0.25) is 0 Å². The van der Waals surface area contributed by atoms with E-state index < -0.39 is 0 Å². The Labute approximate surface area is 62.7 Å². The van der Waals surface area contributed by atoms with E-state index in [2.05, 4.69) is 13.0 Å². The molecule has 0 aliphatic heterocycles. The maximum Gasteiger partial charge on any atom is 0.0363 e. The Kier molecular flexibility index (Phi) is 2.75. The fraction of sp³-hybridized carbons (Fsp3) is 0.750. The van der Waals surface area contributed by atoms with Crippen LogP contribution < -0.4 is 5.84 Å². The average molecular weight is 140 g/mol. The second-order valence-electron chi connectivity index (χ2n) is 2.93. The van der Waals surface area contributed by atoms with Gasteiger partial charge in [0.15, 0.2) is 0 Å². The van der Waals surface area contributed by atoms with Gasteiger partial charge in [-0.1, -0.05) is 13.0 Å². The Balaban J connectivity index is 2.07. The standard InChI is InChI=1S/C8H16N2/c1-2-3-6-10(9)7-8-4-5-8/h3,6,8H,2,4-5,7,9H2,1H3/b6-3+. The summed E-state index contributed by atoms with van der Waals surface area (Å²) in [5.74, 6) is 6.53. The van der Waals surface area contributed by atoms with Crippen LogP contribution in [-0.4, -0.2) is 11.6 Å². The maximum absolute atomic E-state index is 5.65. The molecule has 0 aromatic carbocycles. The molecule has 1 aliphatic rings. The van der Waals surface area contributed by atoms with Gasteiger partial charge in [-0.3, -0.25) is 0 Å². The normalized spacial score (nSPS) is 18.2. The van der Waals surface area contributed by atoms with Crippen LogP contribution >= 0.6 is 0 Å². The smallest absolute Gasteiger partial charge is 0.0363 e. The lowest BCUT2D eigenvalue weighted by molar-refractivity contribution is 0.374. The van der Waals surface area contributed by atoms with Crippen molar-refractivity contribution in [3.05, 3.63) is 12.3 Å². The molecule has 2 nitrogen and oxygen atoms in total. The van der Waals surface area contributed by atoms with Gasteiger partial charge in [0.2, 0.25) is 0 Å². The molecule has 1 rings (SSSR count). The Morgan fingerprint density at radius 2 is 2.30 bits per heavy atom. The van der Waals surface area contributed by atoms with Gasteiger partial charge in [0, 0.05) is 12.7 Å². The minimum absolute atomic E-state index is 0.881. The molecule has 0 bridgehead atoms. The third kappa shape index (κ3) is 2.87. The van der Waals surface area contributed by atoms with Gasteiger partial charge < -0.3 is 5.01 Å². The molecule has 10 heavy (non-hydrogen) atoms. The van der Waals surface area contributed by atoms with Gasteiger partial charge in [0.1, 0.15) is 0 Å². The molecule has 0 aromatic rings. The van der Waals surface area contributed by atoms with Crippen molar-refractivity contribution in [3.8, 4) is 0 Å². The lowest BCUT2D eigenvalue weighted by atomic mass is 10.4. The van der Waals surface area contributed by atoms with E-state index in [4.69, 9.17) is 5.84 Å². The van der Waals surface area contributed by atoms with E-state index in [9.17, 15) is 0 Å². The van der Waals surface area contributed by atoms with Gasteiger partial charge in [0.05, 0.1) is 0 Å². The highest BCUT2D eigenvalue weighted by atomic mass is 15.4. The van der Waals surface area contributed by atoms with Crippen molar-refractivity contribution < 1.29 is 0 Å². The molecule has 58 valence electrons. The number of nitrogens with two attached hydrogens (primary N) is 1. The summed E-state index contributed by atoms with van der Waals surface area (Å²) in [6, 6.07) is 0. The largest absolute Gasteiger partial charge is 0.318 e. The van der Waals surface area contributed by atoms with Crippen LogP contribution in [0.15, 0.2) is 12.3 Å². The van der Waals surface area contributed by atoms with Crippen LogP contribution in [-0.2, 0) is 0 Å². The van der Waals surface area contributed by atoms with Crippen LogP contribution in [0.1, 0.15) is 26.2 Å². The topological polar surface area (TPSA) is 29.3 Å². The van der Waals surface area contributed by atoms with E-state index in [0.717, 1.165) is 18.9 Å². The van der Waals surface area contributed by atoms with Crippen molar-refractivity contribution in [2.24, 2.45) is 11.8 Å². The second-order valence-corrected chi connectivity index (χ2v) is 2.93. The molecule has 0 unspecified atom stereocenters. The predicted molar refractivity (Wildman–Crippen MR) is 43.0 cm³/mol. The summed E-state index contributed by atoms with van der Waals surface area (Å²) >= 11 is 0. The minimum Gasteiger partial charge on any atom is -0.318 e. The Bertz CT molecular complexity index is 116. The average Bonchev–Trinajstić information content (AvgIpc) is 2.67. The molecule has 0 amide bonds. The van der Waals surface area contributed by atoms with Gasteiger partial charge in [0.25, 0.3) is 0 Å². The first-order valence-electron chi connectivity index (χ1n) is 4.01. The summed E-state index contributed by atoms with van der Waals surface area (Å²) in [5.41, 5.74) is 0. The predicted octanol–water partition coefficient (Wildman–Crippen LogP) is 1.50. The van der Waals surface area contributed by atoms with Crippen molar-refractivity contribution in [1.29, 1.82) is 0 Å². The molecule has 2 heteroatoms. The third-order valence-corrected chi connectivity index (χ3v) is 1.70. The Hall–Kier alpha value is -0.500. The van der Waals surface area contributed by atoms with Crippen molar-refractivity contribution >= 4 is 0 Å². The summed E-state index contributed by atoms with van der Waals surface area (Å²) < 4.78 is 0. The molecule has 2 N–H and O–H groups in total. The first-order valence-corrected chi connectivity index (χ1v) is 4.01. The van der Waals surface area contributed by atoms with Gasteiger partial charge in [-0.25, -0.2) is 5.84 Å². The molecule has 0 atom stereocenters. The molecule has 0 radical (unpaired) electrons. The molecule has 0 spiro atoms. The number of hydrogen-bond donors (Lipinski definition) is 1. The molecule has 1 aliphatic carbocycles. The summed E-state index contributed by atoms with van der Waals surface area (Å²) in [6.07, 6.45) is 7.86. The molecule has 1 saturated carbocycles. The minimum atomic E-state index is 0.881. The summed E-state index contributed by atoms with van der Waals surface area (Å²) in [5, 5.41) is 1.79. The number of allylic oxidation sites excluding steroid dienone is 1. The SMILES string of the molecule is CC/C=C/N(N)CC1CC1. The van der Waals surface area contributed by atoms with Crippen LogP contribution in [0.4, 0.5) is 0 Å². The summed E-state index contributed by atoms with van der Waals surface area (Å²) in [6.45, 7) is 3.15. The first-order chi connectivity index (χ1) is 4.83. The third-order valence-electron chi connectivity index (χ3n) is 1.70. The quantitative estimate of drug-likeness (QED) is 0.473. The fourth-order valence-electron chi connectivity index (χ4n) is 0.900. The zero-order valence-corrected chi connectivity index (χ0v) is 6.59. The molecular formula is C8H16N2. The number of nitrogens with zero attached hydrogens (tertiary/aromatic N) is 1. The van der Waals surface area contributed by atoms with E-state index in [-0.39, 0.29) is 0 Å². The summed E-state index contributed by atoms with van der Waals surface area (Å²) in [7, 11) is 0. The molecule has 1 fully saturated rings. The number of rotatable bonds is 4. The lowest BCUT2D eigenvalue weighted by Crippen LogP contribution is -2.26. The molecule has 0 aromatic heterocycles. The van der Waals surface area contributed by atoms with E-state index in [1.165, 1.54) is 12.8 Å². The van der Waals surface area contributed by atoms with Crippen LogP contribution in [0, 0.1) is 5.92 Å². The van der Waals surface area contributed by atoms with Crippen molar-refractivity contribution in [1.82, 2.24) is 5.01 Å². The highest BCUT2D eigenvalue weighted by Gasteiger charge is 2.21. The van der Waals surface area contributed by atoms with E-state index in [1.54, 1.807) is 5.01 Å². The Morgan fingerprint density at radius 3 is 2.80 bits per heavy atom.